The zero-order valence-electron chi connectivity index (χ0n) is 13.8. The van der Waals surface area contributed by atoms with Crippen LogP contribution in [0.25, 0.3) is 5.82 Å². The summed E-state index contributed by atoms with van der Waals surface area (Å²) in [4.78, 5) is 24.7. The van der Waals surface area contributed by atoms with Crippen molar-refractivity contribution in [1.82, 2.24) is 19.6 Å². The average molecular weight is 353 g/mol. The number of carbonyl (C=O) groups is 1. The predicted octanol–water partition coefficient (Wildman–Crippen LogP) is 1.36. The van der Waals surface area contributed by atoms with Gasteiger partial charge < -0.3 is 14.8 Å². The third-order valence-corrected chi connectivity index (χ3v) is 3.94. The maximum atomic E-state index is 12.6. The minimum atomic E-state index is -0.816. The molecule has 2 aromatic heterocycles. The zero-order chi connectivity index (χ0) is 18.1. The Morgan fingerprint density at radius 3 is 2.88 bits per heavy atom. The molecule has 1 aliphatic heterocycles. The van der Waals surface area contributed by atoms with E-state index in [1.54, 1.807) is 49.6 Å². The number of ether oxygens (including phenoxy) is 2. The van der Waals surface area contributed by atoms with Gasteiger partial charge in [0.15, 0.2) is 17.3 Å². The number of hydrogen-bond acceptors (Lipinski definition) is 6. The van der Waals surface area contributed by atoms with Crippen molar-refractivity contribution < 1.29 is 14.3 Å². The molecule has 0 aliphatic carbocycles. The number of rotatable bonds is 4. The molecule has 0 spiro atoms. The molecule has 1 unspecified atom stereocenters. The van der Waals surface area contributed by atoms with Crippen LogP contribution < -0.4 is 20.3 Å². The Labute approximate surface area is 147 Å². The van der Waals surface area contributed by atoms with E-state index in [1.165, 1.54) is 10.7 Å². The lowest BCUT2D eigenvalue weighted by atomic mass is 10.2. The summed E-state index contributed by atoms with van der Waals surface area (Å²) in [5.41, 5.74) is 0.164. The molecule has 1 atom stereocenters. The first-order valence-electron chi connectivity index (χ1n) is 7.92. The summed E-state index contributed by atoms with van der Waals surface area (Å²) in [6.07, 6.45) is 3.31. The first-order chi connectivity index (χ1) is 12.6. The molecule has 0 saturated heterocycles. The van der Waals surface area contributed by atoms with Gasteiger partial charge in [0.05, 0.1) is 0 Å². The fraction of sp³-hybridized carbons (Fsp3) is 0.176. The van der Waals surface area contributed by atoms with Crippen LogP contribution in [-0.2, 0) is 4.79 Å². The van der Waals surface area contributed by atoms with Crippen LogP contribution in [0.5, 0.6) is 11.5 Å². The van der Waals surface area contributed by atoms with Crippen molar-refractivity contribution in [2.24, 2.45) is 0 Å². The molecule has 4 rings (SSSR count). The number of fused-ring (bicyclic) bond motifs is 1. The number of carbonyl (C=O) groups excluding carboxylic acids is 1. The number of anilines is 1. The maximum Gasteiger partial charge on any atom is 0.267 e. The smallest absolute Gasteiger partial charge is 0.267 e. The van der Waals surface area contributed by atoms with Crippen LogP contribution in [0.2, 0.25) is 0 Å². The van der Waals surface area contributed by atoms with E-state index in [2.05, 4.69) is 15.5 Å². The third-order valence-electron chi connectivity index (χ3n) is 3.94. The average Bonchev–Trinajstić information content (AvgIpc) is 3.33. The molecule has 1 aromatic carbocycles. The highest BCUT2D eigenvalue weighted by molar-refractivity contribution is 5.93. The first-order valence-corrected chi connectivity index (χ1v) is 7.92. The molecule has 0 saturated carbocycles. The van der Waals surface area contributed by atoms with E-state index in [0.717, 1.165) is 4.68 Å². The topological polar surface area (TPSA) is 100 Å². The van der Waals surface area contributed by atoms with Crippen molar-refractivity contribution in [3.05, 3.63) is 59.1 Å². The van der Waals surface area contributed by atoms with Crippen LogP contribution in [0.15, 0.2) is 53.6 Å². The molecule has 132 valence electrons. The molecule has 0 bridgehead atoms. The summed E-state index contributed by atoms with van der Waals surface area (Å²) in [5, 5.41) is 11.1. The van der Waals surface area contributed by atoms with Crippen molar-refractivity contribution in [2.75, 3.05) is 12.1 Å². The maximum absolute atomic E-state index is 12.6. The summed E-state index contributed by atoms with van der Waals surface area (Å²) >= 11 is 0. The van der Waals surface area contributed by atoms with E-state index in [1.807, 2.05) is 0 Å². The monoisotopic (exact) mass is 353 g/mol. The van der Waals surface area contributed by atoms with Gasteiger partial charge in [-0.3, -0.25) is 9.59 Å². The van der Waals surface area contributed by atoms with Gasteiger partial charge in [0.25, 0.3) is 5.56 Å². The molecule has 1 aliphatic rings. The first kappa shape index (κ1) is 15.9. The predicted molar refractivity (Wildman–Crippen MR) is 91.5 cm³/mol. The van der Waals surface area contributed by atoms with Gasteiger partial charge in [0, 0.05) is 30.2 Å². The highest BCUT2D eigenvalue weighted by atomic mass is 16.7. The van der Waals surface area contributed by atoms with E-state index in [0.29, 0.717) is 23.0 Å². The van der Waals surface area contributed by atoms with Crippen LogP contribution in [0.1, 0.15) is 13.0 Å². The van der Waals surface area contributed by atoms with Gasteiger partial charge >= 0.3 is 0 Å². The number of nitrogens with zero attached hydrogens (tertiary/aromatic N) is 4. The number of nitrogens with one attached hydrogen (secondary N) is 1. The summed E-state index contributed by atoms with van der Waals surface area (Å²) in [6.45, 7) is 1.76. The van der Waals surface area contributed by atoms with E-state index >= 15 is 0 Å². The molecule has 1 amide bonds. The van der Waals surface area contributed by atoms with Gasteiger partial charge in [0.1, 0.15) is 6.04 Å². The van der Waals surface area contributed by atoms with Crippen LogP contribution in [-0.4, -0.2) is 32.3 Å². The quantitative estimate of drug-likeness (QED) is 0.760. The Bertz CT molecular complexity index is 1010. The van der Waals surface area contributed by atoms with Crippen molar-refractivity contribution in [2.45, 2.75) is 13.0 Å². The van der Waals surface area contributed by atoms with Crippen LogP contribution in [0, 0.1) is 0 Å². The molecule has 9 nitrogen and oxygen atoms in total. The Kier molecular flexibility index (Phi) is 3.88. The zero-order valence-corrected chi connectivity index (χ0v) is 13.8. The fourth-order valence-corrected chi connectivity index (χ4v) is 2.55. The van der Waals surface area contributed by atoms with Gasteiger partial charge in [-0.05, 0) is 31.2 Å². The lowest BCUT2D eigenvalue weighted by Crippen LogP contribution is -2.33. The highest BCUT2D eigenvalue weighted by Gasteiger charge is 2.20. The second-order valence-corrected chi connectivity index (χ2v) is 5.66. The summed E-state index contributed by atoms with van der Waals surface area (Å²) in [6, 6.07) is 8.92. The summed E-state index contributed by atoms with van der Waals surface area (Å²) in [7, 11) is 0. The van der Waals surface area contributed by atoms with Crippen molar-refractivity contribution in [3.8, 4) is 17.3 Å². The van der Waals surface area contributed by atoms with E-state index in [9.17, 15) is 9.59 Å². The Morgan fingerprint density at radius 2 is 2.08 bits per heavy atom. The molecule has 3 heterocycles. The molecule has 0 radical (unpaired) electrons. The second kappa shape index (κ2) is 6.36. The second-order valence-electron chi connectivity index (χ2n) is 5.66. The number of benzene rings is 1. The number of aromatic nitrogens is 4. The molecule has 3 aromatic rings. The van der Waals surface area contributed by atoms with Gasteiger partial charge in [-0.15, -0.1) is 5.10 Å². The largest absolute Gasteiger partial charge is 0.454 e. The van der Waals surface area contributed by atoms with Gasteiger partial charge in [-0.2, -0.15) is 5.10 Å². The SMILES string of the molecule is CC(C(=O)Nc1ccc2c(c1)OCO2)n1nc(-n2cccn2)ccc1=O. The van der Waals surface area contributed by atoms with Crippen molar-refractivity contribution in [1.29, 1.82) is 0 Å². The lowest BCUT2D eigenvalue weighted by molar-refractivity contribution is -0.119. The minimum Gasteiger partial charge on any atom is -0.454 e. The van der Waals surface area contributed by atoms with Crippen LogP contribution in [0.4, 0.5) is 5.69 Å². The number of hydrogen-bond donors (Lipinski definition) is 1. The highest BCUT2D eigenvalue weighted by Crippen LogP contribution is 2.34. The Hall–Kier alpha value is -3.62. The van der Waals surface area contributed by atoms with Crippen molar-refractivity contribution >= 4 is 11.6 Å². The molecule has 9 heteroatoms. The van der Waals surface area contributed by atoms with Gasteiger partial charge in [-0.1, -0.05) is 0 Å². The Balaban J connectivity index is 1.57. The van der Waals surface area contributed by atoms with E-state index < -0.39 is 6.04 Å². The standard InChI is InChI=1S/C17H15N5O4/c1-11(17(24)19-12-3-4-13-14(9-12)26-10-25-13)22-16(23)6-5-15(20-22)21-8-2-7-18-21/h2-9,11H,10H2,1H3,(H,19,24). The van der Waals surface area contributed by atoms with E-state index in [-0.39, 0.29) is 18.3 Å². The van der Waals surface area contributed by atoms with Gasteiger partial charge in [0.2, 0.25) is 12.7 Å². The molecule has 26 heavy (non-hydrogen) atoms. The number of amides is 1. The van der Waals surface area contributed by atoms with Crippen molar-refractivity contribution in [3.63, 3.8) is 0 Å². The fourth-order valence-electron chi connectivity index (χ4n) is 2.55. The van der Waals surface area contributed by atoms with Crippen LogP contribution >= 0.6 is 0 Å². The Morgan fingerprint density at radius 1 is 1.23 bits per heavy atom. The summed E-state index contributed by atoms with van der Waals surface area (Å²) < 4.78 is 13.2. The van der Waals surface area contributed by atoms with Crippen LogP contribution in [0.3, 0.4) is 0 Å². The normalized spacial score (nSPS) is 13.4. The minimum absolute atomic E-state index is 0.155. The molecule has 0 fully saturated rings. The molecule has 1 N–H and O–H groups in total. The third kappa shape index (κ3) is 2.90. The molecular weight excluding hydrogens is 338 g/mol. The molecular formula is C17H15N5O4. The van der Waals surface area contributed by atoms with E-state index in [4.69, 9.17) is 9.47 Å². The summed E-state index contributed by atoms with van der Waals surface area (Å²) in [5.74, 6) is 1.25. The van der Waals surface area contributed by atoms with Gasteiger partial charge in [-0.25, -0.2) is 9.36 Å². The lowest BCUT2D eigenvalue weighted by Gasteiger charge is -2.15.